The van der Waals surface area contributed by atoms with Crippen molar-refractivity contribution in [2.45, 2.75) is 45.8 Å². The first-order valence-corrected chi connectivity index (χ1v) is 13.4. The summed E-state index contributed by atoms with van der Waals surface area (Å²) in [6.45, 7) is 4.93. The largest absolute Gasteiger partial charge is 0.352 e. The van der Waals surface area contributed by atoms with Gasteiger partial charge in [0, 0.05) is 31.2 Å². The highest BCUT2D eigenvalue weighted by atomic mass is 79.9. The number of carbonyl (C=O) groups is 2. The number of hydrogen-bond acceptors (Lipinski definition) is 4. The summed E-state index contributed by atoms with van der Waals surface area (Å²) < 4.78 is 42.3. The monoisotopic (exact) mass is 570 g/mol. The third-order valence-electron chi connectivity index (χ3n) is 5.54. The van der Waals surface area contributed by atoms with Gasteiger partial charge in [-0.2, -0.15) is 12.7 Å². The number of benzene rings is 2. The summed E-state index contributed by atoms with van der Waals surface area (Å²) in [6, 6.07) is 11.2. The number of rotatable bonds is 11. The van der Waals surface area contributed by atoms with E-state index in [1.54, 1.807) is 6.92 Å². The van der Waals surface area contributed by atoms with Crippen LogP contribution in [0.25, 0.3) is 0 Å². The van der Waals surface area contributed by atoms with E-state index in [1.165, 1.54) is 31.1 Å². The van der Waals surface area contributed by atoms with Crippen LogP contribution in [0.5, 0.6) is 0 Å². The first-order chi connectivity index (χ1) is 16.4. The molecule has 2 aromatic carbocycles. The Labute approximate surface area is 215 Å². The Morgan fingerprint density at radius 3 is 2.26 bits per heavy atom. The van der Waals surface area contributed by atoms with E-state index in [2.05, 4.69) is 21.2 Å². The van der Waals surface area contributed by atoms with Crippen LogP contribution in [0.3, 0.4) is 0 Å². The minimum Gasteiger partial charge on any atom is -0.352 e. The number of nitrogens with one attached hydrogen (secondary N) is 1. The van der Waals surface area contributed by atoms with Crippen LogP contribution in [0.1, 0.15) is 32.8 Å². The number of halogens is 2. The van der Waals surface area contributed by atoms with Gasteiger partial charge in [0.2, 0.25) is 11.8 Å². The highest BCUT2D eigenvalue weighted by molar-refractivity contribution is 9.10. The standard InChI is InChI=1S/C24H32BrFN4O4S/c1-6-17(2)27-24(32)18(3)29(15-19-8-7-9-20(25)14-19)23(31)16-30(35(33,34)28(4)5)22-12-10-21(26)11-13-22/h7-14,17-18H,6,15-16H2,1-5H3,(H,27,32)/t17-,18-/m0/s1. The van der Waals surface area contributed by atoms with Crippen molar-refractivity contribution in [3.8, 4) is 0 Å². The Hall–Kier alpha value is -2.50. The maximum Gasteiger partial charge on any atom is 0.304 e. The Bertz CT molecular complexity index is 1130. The average molecular weight is 572 g/mol. The van der Waals surface area contributed by atoms with Gasteiger partial charge in [-0.15, -0.1) is 0 Å². The Morgan fingerprint density at radius 1 is 1.09 bits per heavy atom. The van der Waals surface area contributed by atoms with Crippen molar-refractivity contribution in [2.75, 3.05) is 24.9 Å². The van der Waals surface area contributed by atoms with Gasteiger partial charge in [0.1, 0.15) is 18.4 Å². The molecule has 0 saturated heterocycles. The summed E-state index contributed by atoms with van der Waals surface area (Å²) in [5.74, 6) is -1.45. The lowest BCUT2D eigenvalue weighted by atomic mass is 10.1. The zero-order chi connectivity index (χ0) is 26.3. The van der Waals surface area contributed by atoms with Crippen LogP contribution in [0, 0.1) is 5.82 Å². The number of nitrogens with zero attached hydrogens (tertiary/aromatic N) is 3. The predicted molar refractivity (Wildman–Crippen MR) is 138 cm³/mol. The van der Waals surface area contributed by atoms with Crippen LogP contribution in [-0.2, 0) is 26.3 Å². The van der Waals surface area contributed by atoms with Gasteiger partial charge in [-0.05, 0) is 62.2 Å². The molecule has 2 atom stereocenters. The van der Waals surface area contributed by atoms with Crippen LogP contribution in [0.15, 0.2) is 53.0 Å². The predicted octanol–water partition coefficient (Wildman–Crippen LogP) is 3.53. The molecule has 192 valence electrons. The number of amides is 2. The molecule has 0 aliphatic rings. The molecule has 0 fully saturated rings. The van der Waals surface area contributed by atoms with Gasteiger partial charge in [-0.1, -0.05) is 35.0 Å². The first-order valence-electron chi connectivity index (χ1n) is 11.2. The second-order valence-electron chi connectivity index (χ2n) is 8.42. The quantitative estimate of drug-likeness (QED) is 0.447. The summed E-state index contributed by atoms with van der Waals surface area (Å²) in [5, 5.41) is 2.88. The topological polar surface area (TPSA) is 90.0 Å². The van der Waals surface area contributed by atoms with Crippen molar-refractivity contribution < 1.29 is 22.4 Å². The summed E-state index contributed by atoms with van der Waals surface area (Å²) >= 11 is 3.41. The normalized spacial score (nSPS) is 13.3. The third kappa shape index (κ3) is 7.74. The molecule has 0 spiro atoms. The maximum absolute atomic E-state index is 13.6. The molecule has 0 saturated carbocycles. The lowest BCUT2D eigenvalue weighted by Crippen LogP contribution is -2.53. The van der Waals surface area contributed by atoms with Crippen LogP contribution in [0.4, 0.5) is 10.1 Å². The molecule has 2 amide bonds. The molecule has 2 rings (SSSR count). The zero-order valence-electron chi connectivity index (χ0n) is 20.5. The third-order valence-corrected chi connectivity index (χ3v) is 7.86. The number of anilines is 1. The molecule has 0 aromatic heterocycles. The summed E-state index contributed by atoms with van der Waals surface area (Å²) in [7, 11) is -1.40. The van der Waals surface area contributed by atoms with E-state index >= 15 is 0 Å². The van der Waals surface area contributed by atoms with Crippen molar-refractivity contribution in [2.24, 2.45) is 0 Å². The molecule has 0 unspecified atom stereocenters. The minimum absolute atomic E-state index is 0.0856. The van der Waals surface area contributed by atoms with Crippen molar-refractivity contribution in [3.63, 3.8) is 0 Å². The van der Waals surface area contributed by atoms with Gasteiger partial charge >= 0.3 is 10.2 Å². The Kier molecular flexibility index (Phi) is 10.2. The molecular formula is C24H32BrFN4O4S. The van der Waals surface area contributed by atoms with Crippen LogP contribution in [-0.4, -0.2) is 62.2 Å². The second kappa shape index (κ2) is 12.5. The van der Waals surface area contributed by atoms with E-state index in [-0.39, 0.29) is 24.2 Å². The van der Waals surface area contributed by atoms with Gasteiger partial charge in [-0.25, -0.2) is 8.70 Å². The molecule has 11 heteroatoms. The van der Waals surface area contributed by atoms with E-state index in [0.29, 0.717) is 0 Å². The molecule has 0 aliphatic heterocycles. The van der Waals surface area contributed by atoms with Crippen LogP contribution < -0.4 is 9.62 Å². The first kappa shape index (κ1) is 28.7. The van der Waals surface area contributed by atoms with E-state index in [9.17, 15) is 22.4 Å². The van der Waals surface area contributed by atoms with E-state index < -0.39 is 34.5 Å². The van der Waals surface area contributed by atoms with Crippen molar-refractivity contribution in [1.29, 1.82) is 0 Å². The minimum atomic E-state index is -4.09. The zero-order valence-corrected chi connectivity index (χ0v) is 22.9. The smallest absolute Gasteiger partial charge is 0.304 e. The van der Waals surface area contributed by atoms with Gasteiger partial charge in [0.05, 0.1) is 5.69 Å². The fourth-order valence-electron chi connectivity index (χ4n) is 3.20. The average Bonchev–Trinajstić information content (AvgIpc) is 2.80. The van der Waals surface area contributed by atoms with Crippen molar-refractivity contribution >= 4 is 43.6 Å². The fraction of sp³-hybridized carbons (Fsp3) is 0.417. The van der Waals surface area contributed by atoms with E-state index in [0.717, 1.165) is 37.2 Å². The van der Waals surface area contributed by atoms with Gasteiger partial charge in [0.25, 0.3) is 0 Å². The molecule has 8 nitrogen and oxygen atoms in total. The van der Waals surface area contributed by atoms with E-state index in [4.69, 9.17) is 0 Å². The molecular weight excluding hydrogens is 539 g/mol. The summed E-state index contributed by atoms with van der Waals surface area (Å²) in [6.07, 6.45) is 0.720. The lowest BCUT2D eigenvalue weighted by molar-refractivity contribution is -0.139. The highest BCUT2D eigenvalue weighted by Gasteiger charge is 2.32. The molecule has 35 heavy (non-hydrogen) atoms. The molecule has 0 bridgehead atoms. The molecule has 1 N–H and O–H groups in total. The Morgan fingerprint density at radius 2 is 1.71 bits per heavy atom. The van der Waals surface area contributed by atoms with Crippen molar-refractivity contribution in [1.82, 2.24) is 14.5 Å². The molecule has 2 aromatic rings. The van der Waals surface area contributed by atoms with E-state index in [1.807, 2.05) is 38.1 Å². The van der Waals surface area contributed by atoms with Crippen LogP contribution >= 0.6 is 15.9 Å². The lowest BCUT2D eigenvalue weighted by Gasteiger charge is -2.33. The maximum atomic E-state index is 13.6. The molecule has 0 heterocycles. The number of hydrogen-bond donors (Lipinski definition) is 1. The fourth-order valence-corrected chi connectivity index (χ4v) is 4.71. The van der Waals surface area contributed by atoms with Gasteiger partial charge < -0.3 is 10.2 Å². The summed E-state index contributed by atoms with van der Waals surface area (Å²) in [4.78, 5) is 27.9. The van der Waals surface area contributed by atoms with Gasteiger partial charge in [-0.3, -0.25) is 9.59 Å². The number of carbonyl (C=O) groups excluding carboxylic acids is 2. The highest BCUT2D eigenvalue weighted by Crippen LogP contribution is 2.22. The molecule has 0 radical (unpaired) electrons. The van der Waals surface area contributed by atoms with Crippen LogP contribution in [0.2, 0.25) is 0 Å². The van der Waals surface area contributed by atoms with Crippen molar-refractivity contribution in [3.05, 3.63) is 64.4 Å². The van der Waals surface area contributed by atoms with Gasteiger partial charge in [0.15, 0.2) is 0 Å². The Balaban J connectivity index is 2.44. The SMILES string of the molecule is CC[C@H](C)NC(=O)[C@H](C)N(Cc1cccc(Br)c1)C(=O)CN(c1ccc(F)cc1)S(=O)(=O)N(C)C. The summed E-state index contributed by atoms with van der Waals surface area (Å²) in [5.41, 5.74) is 0.896. The molecule has 0 aliphatic carbocycles. The second-order valence-corrected chi connectivity index (χ2v) is 11.4.